The molecule has 94 valence electrons. The molecule has 0 spiro atoms. The summed E-state index contributed by atoms with van der Waals surface area (Å²) in [6.07, 6.45) is 0.948. The molecule has 0 unspecified atom stereocenters. The van der Waals surface area contributed by atoms with E-state index in [9.17, 15) is 4.79 Å². The summed E-state index contributed by atoms with van der Waals surface area (Å²) in [5, 5.41) is 9.75. The average molecular weight is 261 g/mol. The zero-order valence-corrected chi connectivity index (χ0v) is 11.0. The van der Waals surface area contributed by atoms with E-state index in [1.807, 2.05) is 37.3 Å². The molecule has 2 rings (SSSR count). The molecule has 0 saturated carbocycles. The molecule has 0 amide bonds. The number of aromatic nitrogens is 1. The van der Waals surface area contributed by atoms with Gasteiger partial charge in [0.25, 0.3) is 0 Å². The van der Waals surface area contributed by atoms with E-state index in [0.717, 1.165) is 15.6 Å². The standard InChI is InChI=1S/C14H15NO2S/c1-10-13(7-8-16)18-14(15-10)9-12(17)11-5-3-2-4-6-11/h2-6,16H,7-9H2,1H3. The van der Waals surface area contributed by atoms with Crippen molar-refractivity contribution < 1.29 is 9.90 Å². The predicted octanol–water partition coefficient (Wildman–Crippen LogP) is 2.41. The third-order valence-electron chi connectivity index (χ3n) is 2.68. The van der Waals surface area contributed by atoms with Gasteiger partial charge in [-0.1, -0.05) is 30.3 Å². The Morgan fingerprint density at radius 1 is 1.33 bits per heavy atom. The van der Waals surface area contributed by atoms with Gasteiger partial charge in [-0.15, -0.1) is 11.3 Å². The molecule has 4 heteroatoms. The minimum atomic E-state index is 0.0832. The van der Waals surface area contributed by atoms with E-state index < -0.39 is 0 Å². The van der Waals surface area contributed by atoms with Crippen molar-refractivity contribution in [3.05, 3.63) is 51.5 Å². The summed E-state index contributed by atoms with van der Waals surface area (Å²) < 4.78 is 0. The Morgan fingerprint density at radius 2 is 2.06 bits per heavy atom. The van der Waals surface area contributed by atoms with Gasteiger partial charge in [-0.3, -0.25) is 4.79 Å². The van der Waals surface area contributed by atoms with E-state index in [1.54, 1.807) is 0 Å². The monoisotopic (exact) mass is 261 g/mol. The largest absolute Gasteiger partial charge is 0.396 e. The Kier molecular flexibility index (Phi) is 4.23. The van der Waals surface area contributed by atoms with Gasteiger partial charge in [-0.25, -0.2) is 4.98 Å². The topological polar surface area (TPSA) is 50.2 Å². The number of aliphatic hydroxyl groups is 1. The van der Waals surface area contributed by atoms with E-state index in [1.165, 1.54) is 11.3 Å². The fraction of sp³-hybridized carbons (Fsp3) is 0.286. The van der Waals surface area contributed by atoms with Crippen LogP contribution in [-0.2, 0) is 12.8 Å². The second-order valence-electron chi connectivity index (χ2n) is 4.06. The highest BCUT2D eigenvalue weighted by Crippen LogP contribution is 2.20. The van der Waals surface area contributed by atoms with Crippen LogP contribution >= 0.6 is 11.3 Å². The van der Waals surface area contributed by atoms with Crippen molar-refractivity contribution in [3.63, 3.8) is 0 Å². The molecule has 1 aromatic carbocycles. The molecule has 0 aliphatic heterocycles. The lowest BCUT2D eigenvalue weighted by atomic mass is 10.1. The van der Waals surface area contributed by atoms with E-state index in [0.29, 0.717) is 18.4 Å². The van der Waals surface area contributed by atoms with E-state index in [4.69, 9.17) is 5.11 Å². The third-order valence-corrected chi connectivity index (χ3v) is 3.90. The smallest absolute Gasteiger partial charge is 0.169 e. The first-order chi connectivity index (χ1) is 8.70. The van der Waals surface area contributed by atoms with Crippen LogP contribution in [0.3, 0.4) is 0 Å². The molecule has 0 radical (unpaired) electrons. The predicted molar refractivity (Wildman–Crippen MR) is 72.1 cm³/mol. The van der Waals surface area contributed by atoms with E-state index in [-0.39, 0.29) is 12.4 Å². The lowest BCUT2D eigenvalue weighted by Crippen LogP contribution is -2.02. The molecule has 2 aromatic rings. The van der Waals surface area contributed by atoms with Gasteiger partial charge in [-0.05, 0) is 6.92 Å². The number of hydrogen-bond donors (Lipinski definition) is 1. The molecular weight excluding hydrogens is 246 g/mol. The number of thiazole rings is 1. The van der Waals surface area contributed by atoms with Crippen LogP contribution in [0.4, 0.5) is 0 Å². The Bertz CT molecular complexity index is 534. The summed E-state index contributed by atoms with van der Waals surface area (Å²) in [6, 6.07) is 9.24. The maximum Gasteiger partial charge on any atom is 0.169 e. The summed E-state index contributed by atoms with van der Waals surface area (Å²) in [5.41, 5.74) is 1.64. The fourth-order valence-corrected chi connectivity index (χ4v) is 2.82. The summed E-state index contributed by atoms with van der Waals surface area (Å²) in [5.74, 6) is 0.0832. The number of carbonyl (C=O) groups is 1. The molecule has 18 heavy (non-hydrogen) atoms. The van der Waals surface area contributed by atoms with E-state index in [2.05, 4.69) is 4.98 Å². The first-order valence-corrected chi connectivity index (χ1v) is 6.66. The number of aryl methyl sites for hydroxylation is 1. The van der Waals surface area contributed by atoms with Crippen LogP contribution in [0.15, 0.2) is 30.3 Å². The molecule has 0 bridgehead atoms. The molecule has 0 aliphatic carbocycles. The van der Waals surface area contributed by atoms with Crippen LogP contribution in [0.2, 0.25) is 0 Å². The van der Waals surface area contributed by atoms with Gasteiger partial charge in [0.15, 0.2) is 5.78 Å². The lowest BCUT2D eigenvalue weighted by Gasteiger charge is -1.97. The van der Waals surface area contributed by atoms with Crippen molar-refractivity contribution in [1.82, 2.24) is 4.98 Å². The Labute approximate surface area is 110 Å². The van der Waals surface area contributed by atoms with Crippen LogP contribution < -0.4 is 0 Å². The molecule has 0 fully saturated rings. The molecule has 0 aliphatic rings. The summed E-state index contributed by atoms with van der Waals surface area (Å²) in [7, 11) is 0. The highest BCUT2D eigenvalue weighted by Gasteiger charge is 2.12. The maximum absolute atomic E-state index is 12.0. The Hall–Kier alpha value is -1.52. The number of hydrogen-bond acceptors (Lipinski definition) is 4. The second kappa shape index (κ2) is 5.89. The van der Waals surface area contributed by atoms with Gasteiger partial charge in [0.05, 0.1) is 12.1 Å². The second-order valence-corrected chi connectivity index (χ2v) is 5.22. The zero-order valence-electron chi connectivity index (χ0n) is 10.2. The molecular formula is C14H15NO2S. The van der Waals surface area contributed by atoms with Gasteiger partial charge in [0.2, 0.25) is 0 Å². The molecule has 1 aromatic heterocycles. The number of benzene rings is 1. The van der Waals surface area contributed by atoms with Gasteiger partial charge in [0.1, 0.15) is 5.01 Å². The molecule has 0 atom stereocenters. The average Bonchev–Trinajstić information content (AvgIpc) is 2.71. The maximum atomic E-state index is 12.0. The number of ketones is 1. The van der Waals surface area contributed by atoms with Crippen LogP contribution in [0.1, 0.15) is 25.9 Å². The SMILES string of the molecule is Cc1nc(CC(=O)c2ccccc2)sc1CCO. The minimum Gasteiger partial charge on any atom is -0.396 e. The van der Waals surface area contributed by atoms with Crippen molar-refractivity contribution in [3.8, 4) is 0 Å². The normalized spacial score (nSPS) is 10.6. The number of carbonyl (C=O) groups excluding carboxylic acids is 1. The quantitative estimate of drug-likeness (QED) is 0.841. The van der Waals surface area contributed by atoms with Crippen LogP contribution in [0.25, 0.3) is 0 Å². The van der Waals surface area contributed by atoms with Gasteiger partial charge in [0, 0.05) is 23.5 Å². The summed E-state index contributed by atoms with van der Waals surface area (Å²) in [4.78, 5) is 17.5. The Balaban J connectivity index is 2.10. The third kappa shape index (κ3) is 3.03. The molecule has 0 saturated heterocycles. The van der Waals surface area contributed by atoms with E-state index >= 15 is 0 Å². The van der Waals surface area contributed by atoms with Gasteiger partial charge >= 0.3 is 0 Å². The highest BCUT2D eigenvalue weighted by molar-refractivity contribution is 7.11. The lowest BCUT2D eigenvalue weighted by molar-refractivity contribution is 0.0993. The van der Waals surface area contributed by atoms with Gasteiger partial charge < -0.3 is 5.11 Å². The van der Waals surface area contributed by atoms with Crippen molar-refractivity contribution in [2.24, 2.45) is 0 Å². The Morgan fingerprint density at radius 3 is 2.72 bits per heavy atom. The first-order valence-electron chi connectivity index (χ1n) is 5.85. The number of Topliss-reactive ketones (excluding diaryl/α,β-unsaturated/α-hetero) is 1. The van der Waals surface area contributed by atoms with Crippen molar-refractivity contribution >= 4 is 17.1 Å². The first kappa shape index (κ1) is 12.9. The van der Waals surface area contributed by atoms with Crippen LogP contribution in [-0.4, -0.2) is 22.5 Å². The van der Waals surface area contributed by atoms with Crippen molar-refractivity contribution in [1.29, 1.82) is 0 Å². The van der Waals surface area contributed by atoms with Crippen LogP contribution in [0, 0.1) is 6.92 Å². The molecule has 1 heterocycles. The summed E-state index contributed by atoms with van der Waals surface area (Å²) >= 11 is 1.52. The van der Waals surface area contributed by atoms with Crippen LogP contribution in [0.5, 0.6) is 0 Å². The zero-order chi connectivity index (χ0) is 13.0. The highest BCUT2D eigenvalue weighted by atomic mass is 32.1. The van der Waals surface area contributed by atoms with Crippen molar-refractivity contribution in [2.75, 3.05) is 6.61 Å². The molecule has 3 nitrogen and oxygen atoms in total. The minimum absolute atomic E-state index is 0.0832. The number of nitrogens with zero attached hydrogens (tertiary/aromatic N) is 1. The summed E-state index contributed by atoms with van der Waals surface area (Å²) in [6.45, 7) is 2.03. The molecule has 1 N–H and O–H groups in total. The van der Waals surface area contributed by atoms with Gasteiger partial charge in [-0.2, -0.15) is 0 Å². The number of aliphatic hydroxyl groups excluding tert-OH is 1. The van der Waals surface area contributed by atoms with Crippen molar-refractivity contribution in [2.45, 2.75) is 19.8 Å². The fourth-order valence-electron chi connectivity index (χ4n) is 1.76. The number of rotatable bonds is 5.